The molecule has 1 aliphatic heterocycles. The molecule has 3 rings (SSSR count). The van der Waals surface area contributed by atoms with Gasteiger partial charge in [0, 0.05) is 37.3 Å². The Balaban J connectivity index is 1.77. The van der Waals surface area contributed by atoms with Crippen molar-refractivity contribution in [3.63, 3.8) is 0 Å². The van der Waals surface area contributed by atoms with E-state index in [-0.39, 0.29) is 5.91 Å². The van der Waals surface area contributed by atoms with Crippen molar-refractivity contribution in [3.8, 4) is 0 Å². The van der Waals surface area contributed by atoms with Gasteiger partial charge in [0.1, 0.15) is 11.5 Å². The summed E-state index contributed by atoms with van der Waals surface area (Å²) < 4.78 is 0. The lowest BCUT2D eigenvalue weighted by atomic mass is 10.1. The number of amides is 1. The lowest BCUT2D eigenvalue weighted by Crippen LogP contribution is -2.55. The zero-order valence-electron chi connectivity index (χ0n) is 11.5. The van der Waals surface area contributed by atoms with Gasteiger partial charge in [-0.2, -0.15) is 0 Å². The third-order valence-corrected chi connectivity index (χ3v) is 3.68. The van der Waals surface area contributed by atoms with Crippen molar-refractivity contribution in [2.45, 2.75) is 44.7 Å². The summed E-state index contributed by atoms with van der Waals surface area (Å²) in [6, 6.07) is 2.39. The first-order valence-corrected chi connectivity index (χ1v) is 7.01. The third-order valence-electron chi connectivity index (χ3n) is 3.68. The Bertz CT molecular complexity index is 476. The number of rotatable bonds is 2. The molecule has 1 aromatic heterocycles. The van der Waals surface area contributed by atoms with Gasteiger partial charge in [0.05, 0.1) is 0 Å². The summed E-state index contributed by atoms with van der Waals surface area (Å²) in [4.78, 5) is 23.1. The molecule has 2 aliphatic rings. The first kappa shape index (κ1) is 12.5. The van der Waals surface area contributed by atoms with Gasteiger partial charge in [0.2, 0.25) is 0 Å². The van der Waals surface area contributed by atoms with E-state index in [4.69, 9.17) is 0 Å². The number of hydrogen-bond donors (Lipinski definition) is 1. The van der Waals surface area contributed by atoms with Gasteiger partial charge in [-0.15, -0.1) is 0 Å². The molecule has 2 atom stereocenters. The lowest BCUT2D eigenvalue weighted by molar-refractivity contribution is 0.0667. The molecule has 1 amide bonds. The van der Waals surface area contributed by atoms with Gasteiger partial charge in [-0.3, -0.25) is 4.79 Å². The lowest BCUT2D eigenvalue weighted by Gasteiger charge is -2.35. The molecule has 1 aromatic rings. The zero-order valence-corrected chi connectivity index (χ0v) is 11.5. The SMILES string of the molecule is C[C@H]1CN(C(=O)c2ccnc(C3CC3)n2)C[C@H](C)N1. The Hall–Kier alpha value is -1.49. The fourth-order valence-corrected chi connectivity index (χ4v) is 2.69. The van der Waals surface area contributed by atoms with E-state index >= 15 is 0 Å². The molecular weight excluding hydrogens is 240 g/mol. The van der Waals surface area contributed by atoms with E-state index in [1.54, 1.807) is 12.3 Å². The third kappa shape index (κ3) is 2.76. The van der Waals surface area contributed by atoms with Crippen molar-refractivity contribution in [1.29, 1.82) is 0 Å². The van der Waals surface area contributed by atoms with Crippen molar-refractivity contribution in [3.05, 3.63) is 23.8 Å². The van der Waals surface area contributed by atoms with Gasteiger partial charge in [0.15, 0.2) is 0 Å². The summed E-state index contributed by atoms with van der Waals surface area (Å²) in [5, 5.41) is 3.43. The molecule has 0 bridgehead atoms. The summed E-state index contributed by atoms with van der Waals surface area (Å²) >= 11 is 0. The first-order valence-electron chi connectivity index (χ1n) is 7.01. The van der Waals surface area contributed by atoms with Crippen LogP contribution >= 0.6 is 0 Å². The summed E-state index contributed by atoms with van der Waals surface area (Å²) in [6.45, 7) is 5.69. The predicted octanol–water partition coefficient (Wildman–Crippen LogP) is 1.18. The summed E-state index contributed by atoms with van der Waals surface area (Å²) in [5.74, 6) is 1.35. The van der Waals surface area contributed by atoms with Crippen LogP contribution in [0.3, 0.4) is 0 Å². The van der Waals surface area contributed by atoms with Crippen LogP contribution in [-0.4, -0.2) is 45.9 Å². The van der Waals surface area contributed by atoms with Crippen LogP contribution in [0.4, 0.5) is 0 Å². The van der Waals surface area contributed by atoms with Gasteiger partial charge in [-0.25, -0.2) is 9.97 Å². The molecule has 5 nitrogen and oxygen atoms in total. The Kier molecular flexibility index (Phi) is 3.22. The van der Waals surface area contributed by atoms with E-state index in [2.05, 4.69) is 29.1 Å². The van der Waals surface area contributed by atoms with Gasteiger partial charge in [-0.05, 0) is 32.8 Å². The largest absolute Gasteiger partial charge is 0.334 e. The minimum Gasteiger partial charge on any atom is -0.334 e. The van der Waals surface area contributed by atoms with E-state index in [0.29, 0.717) is 23.7 Å². The standard InChI is InChI=1S/C14H20N4O/c1-9-7-18(8-10(2)16-9)14(19)12-5-6-15-13(17-12)11-3-4-11/h5-6,9-11,16H,3-4,7-8H2,1-2H3/t9-,10-/m0/s1. The molecule has 0 unspecified atom stereocenters. The average Bonchev–Trinajstić information content (AvgIpc) is 3.21. The molecule has 1 N–H and O–H groups in total. The molecular formula is C14H20N4O. The molecule has 1 saturated heterocycles. The van der Waals surface area contributed by atoms with Crippen LogP contribution in [-0.2, 0) is 0 Å². The van der Waals surface area contributed by atoms with Crippen molar-refractivity contribution < 1.29 is 4.79 Å². The molecule has 2 heterocycles. The highest BCUT2D eigenvalue weighted by Crippen LogP contribution is 2.37. The quantitative estimate of drug-likeness (QED) is 0.867. The molecule has 19 heavy (non-hydrogen) atoms. The van der Waals surface area contributed by atoms with Crippen LogP contribution < -0.4 is 5.32 Å². The van der Waals surface area contributed by atoms with Crippen LogP contribution in [0.25, 0.3) is 0 Å². The summed E-state index contributed by atoms with van der Waals surface area (Å²) in [7, 11) is 0. The minimum absolute atomic E-state index is 0.0319. The van der Waals surface area contributed by atoms with Gasteiger partial charge < -0.3 is 10.2 Å². The Labute approximate surface area is 113 Å². The van der Waals surface area contributed by atoms with Gasteiger partial charge in [-0.1, -0.05) is 0 Å². The number of carbonyl (C=O) groups excluding carboxylic acids is 1. The van der Waals surface area contributed by atoms with Crippen LogP contribution in [0.15, 0.2) is 12.3 Å². The number of carbonyl (C=O) groups is 1. The van der Waals surface area contributed by atoms with Crippen molar-refractivity contribution in [2.75, 3.05) is 13.1 Å². The van der Waals surface area contributed by atoms with Crippen molar-refractivity contribution in [1.82, 2.24) is 20.2 Å². The minimum atomic E-state index is 0.0319. The highest BCUT2D eigenvalue weighted by atomic mass is 16.2. The van der Waals surface area contributed by atoms with Crippen molar-refractivity contribution >= 4 is 5.91 Å². The second-order valence-electron chi connectivity index (χ2n) is 5.75. The van der Waals surface area contributed by atoms with Crippen molar-refractivity contribution in [2.24, 2.45) is 0 Å². The van der Waals surface area contributed by atoms with E-state index in [1.165, 1.54) is 0 Å². The molecule has 1 aliphatic carbocycles. The highest BCUT2D eigenvalue weighted by Gasteiger charge is 2.29. The second-order valence-corrected chi connectivity index (χ2v) is 5.75. The molecule has 1 saturated carbocycles. The summed E-state index contributed by atoms with van der Waals surface area (Å²) in [6.07, 6.45) is 4.02. The number of aromatic nitrogens is 2. The van der Waals surface area contributed by atoms with E-state index in [0.717, 1.165) is 31.8 Å². The van der Waals surface area contributed by atoms with E-state index in [1.807, 2.05) is 4.90 Å². The second kappa shape index (κ2) is 4.89. The molecule has 0 spiro atoms. The maximum absolute atomic E-state index is 12.5. The maximum atomic E-state index is 12.5. The molecule has 102 valence electrons. The monoisotopic (exact) mass is 260 g/mol. The van der Waals surface area contributed by atoms with Crippen LogP contribution in [0.2, 0.25) is 0 Å². The first-order chi connectivity index (χ1) is 9.13. The van der Waals surface area contributed by atoms with Crippen LogP contribution in [0.5, 0.6) is 0 Å². The fraction of sp³-hybridized carbons (Fsp3) is 0.643. The predicted molar refractivity (Wildman–Crippen MR) is 72.0 cm³/mol. The highest BCUT2D eigenvalue weighted by molar-refractivity contribution is 5.92. The number of piperazine rings is 1. The topological polar surface area (TPSA) is 58.1 Å². The summed E-state index contributed by atoms with van der Waals surface area (Å²) in [5.41, 5.74) is 0.540. The fourth-order valence-electron chi connectivity index (χ4n) is 2.69. The maximum Gasteiger partial charge on any atom is 0.272 e. The number of nitrogens with zero attached hydrogens (tertiary/aromatic N) is 3. The molecule has 2 fully saturated rings. The number of hydrogen-bond acceptors (Lipinski definition) is 4. The molecule has 5 heteroatoms. The zero-order chi connectivity index (χ0) is 13.4. The van der Waals surface area contributed by atoms with Crippen LogP contribution in [0.1, 0.15) is 48.9 Å². The van der Waals surface area contributed by atoms with E-state index in [9.17, 15) is 4.79 Å². The Morgan fingerprint density at radius 1 is 1.32 bits per heavy atom. The molecule has 0 radical (unpaired) electrons. The number of nitrogens with one attached hydrogen (secondary N) is 1. The average molecular weight is 260 g/mol. The smallest absolute Gasteiger partial charge is 0.272 e. The molecule has 0 aromatic carbocycles. The van der Waals surface area contributed by atoms with E-state index < -0.39 is 0 Å². The van der Waals surface area contributed by atoms with Gasteiger partial charge in [0.25, 0.3) is 5.91 Å². The Morgan fingerprint density at radius 2 is 2.00 bits per heavy atom. The van der Waals surface area contributed by atoms with Gasteiger partial charge >= 0.3 is 0 Å². The van der Waals surface area contributed by atoms with Crippen LogP contribution in [0, 0.1) is 0 Å². The normalized spacial score (nSPS) is 27.4. The Morgan fingerprint density at radius 3 is 2.63 bits per heavy atom.